The van der Waals surface area contributed by atoms with Crippen LogP contribution in [-0.2, 0) is 6.54 Å². The summed E-state index contributed by atoms with van der Waals surface area (Å²) in [4.78, 5) is 2.62. The molecule has 1 aliphatic heterocycles. The fourth-order valence-electron chi connectivity index (χ4n) is 3.69. The molecule has 3 rings (SSSR count). The number of piperidine rings is 1. The molecule has 1 aromatic carbocycles. The largest absolute Gasteiger partial charge is 0.506 e. The van der Waals surface area contributed by atoms with E-state index in [4.69, 9.17) is 5.73 Å². The second-order valence-electron chi connectivity index (χ2n) is 5.76. The van der Waals surface area contributed by atoms with E-state index >= 15 is 0 Å². The lowest BCUT2D eigenvalue weighted by molar-refractivity contribution is 0.106. The number of benzene rings is 1. The Balaban J connectivity index is 1.73. The Morgan fingerprint density at radius 3 is 2.89 bits per heavy atom. The first-order chi connectivity index (χ1) is 8.74. The van der Waals surface area contributed by atoms with E-state index in [1.165, 1.54) is 44.2 Å². The lowest BCUT2D eigenvalue weighted by Gasteiger charge is -2.37. The van der Waals surface area contributed by atoms with Crippen LogP contribution in [0.1, 0.15) is 37.7 Å². The second kappa shape index (κ2) is 4.81. The van der Waals surface area contributed by atoms with E-state index in [9.17, 15) is 5.11 Å². The van der Waals surface area contributed by atoms with E-state index < -0.39 is 0 Å². The van der Waals surface area contributed by atoms with Gasteiger partial charge in [0.25, 0.3) is 0 Å². The van der Waals surface area contributed by atoms with Crippen molar-refractivity contribution < 1.29 is 5.11 Å². The number of likely N-dealkylation sites (tertiary alicyclic amines) is 1. The molecule has 2 unspecified atom stereocenters. The van der Waals surface area contributed by atoms with E-state index in [0.717, 1.165) is 18.5 Å². The average molecular weight is 246 g/mol. The molecule has 0 bridgehead atoms. The van der Waals surface area contributed by atoms with Gasteiger partial charge in [-0.25, -0.2) is 0 Å². The number of phenols is 1. The summed E-state index contributed by atoms with van der Waals surface area (Å²) >= 11 is 0. The number of aromatic hydroxyl groups is 1. The fourth-order valence-corrected chi connectivity index (χ4v) is 3.69. The Morgan fingerprint density at radius 2 is 2.06 bits per heavy atom. The molecule has 0 spiro atoms. The third kappa shape index (κ3) is 2.19. The van der Waals surface area contributed by atoms with Crippen molar-refractivity contribution in [2.45, 2.75) is 44.7 Å². The lowest BCUT2D eigenvalue weighted by atomic mass is 9.91. The van der Waals surface area contributed by atoms with Crippen LogP contribution in [0.25, 0.3) is 0 Å². The predicted molar refractivity (Wildman–Crippen MR) is 73.3 cm³/mol. The molecule has 18 heavy (non-hydrogen) atoms. The molecule has 3 N–H and O–H groups in total. The molecule has 98 valence electrons. The van der Waals surface area contributed by atoms with E-state index in [0.29, 0.717) is 5.69 Å². The molecule has 1 heterocycles. The van der Waals surface area contributed by atoms with Gasteiger partial charge in [0.2, 0.25) is 0 Å². The number of nitrogens with zero attached hydrogens (tertiary/aromatic N) is 1. The number of rotatable bonds is 2. The number of anilines is 1. The molecule has 0 aromatic heterocycles. The van der Waals surface area contributed by atoms with Gasteiger partial charge in [-0.05, 0) is 55.8 Å². The summed E-state index contributed by atoms with van der Waals surface area (Å²) in [5, 5.41) is 9.46. The molecule has 1 aliphatic carbocycles. The minimum atomic E-state index is 0.191. The first kappa shape index (κ1) is 11.8. The molecule has 3 heteroatoms. The molecule has 1 saturated heterocycles. The normalized spacial score (nSPS) is 28.2. The van der Waals surface area contributed by atoms with Crippen molar-refractivity contribution in [3.05, 3.63) is 23.8 Å². The first-order valence-electron chi connectivity index (χ1n) is 7.05. The Hall–Kier alpha value is -1.22. The van der Waals surface area contributed by atoms with Gasteiger partial charge in [0.1, 0.15) is 5.75 Å². The van der Waals surface area contributed by atoms with Crippen LogP contribution in [0.5, 0.6) is 5.75 Å². The van der Waals surface area contributed by atoms with Gasteiger partial charge < -0.3 is 10.8 Å². The van der Waals surface area contributed by atoms with Gasteiger partial charge in [0, 0.05) is 12.6 Å². The SMILES string of the molecule is Nc1cc(CN2CCCC3CCCC32)ccc1O. The zero-order chi connectivity index (χ0) is 12.5. The zero-order valence-electron chi connectivity index (χ0n) is 10.8. The quantitative estimate of drug-likeness (QED) is 0.623. The van der Waals surface area contributed by atoms with Crippen molar-refractivity contribution in [3.63, 3.8) is 0 Å². The molecular weight excluding hydrogens is 224 g/mol. The van der Waals surface area contributed by atoms with Crippen LogP contribution >= 0.6 is 0 Å². The van der Waals surface area contributed by atoms with E-state index in [-0.39, 0.29) is 5.75 Å². The van der Waals surface area contributed by atoms with Gasteiger partial charge in [-0.15, -0.1) is 0 Å². The van der Waals surface area contributed by atoms with Crippen LogP contribution in [0.4, 0.5) is 5.69 Å². The maximum Gasteiger partial charge on any atom is 0.138 e. The number of nitrogen functional groups attached to an aromatic ring is 1. The number of nitrogens with two attached hydrogens (primary N) is 1. The van der Waals surface area contributed by atoms with Crippen LogP contribution in [0, 0.1) is 5.92 Å². The Labute approximate surface area is 109 Å². The van der Waals surface area contributed by atoms with Crippen molar-refractivity contribution in [3.8, 4) is 5.75 Å². The highest BCUT2D eigenvalue weighted by Gasteiger charge is 2.34. The zero-order valence-corrected chi connectivity index (χ0v) is 10.8. The number of hydrogen-bond donors (Lipinski definition) is 2. The van der Waals surface area contributed by atoms with Gasteiger partial charge in [0.15, 0.2) is 0 Å². The number of hydrogen-bond acceptors (Lipinski definition) is 3. The Morgan fingerprint density at radius 1 is 1.22 bits per heavy atom. The maximum atomic E-state index is 9.46. The minimum absolute atomic E-state index is 0.191. The van der Waals surface area contributed by atoms with Crippen LogP contribution in [0.2, 0.25) is 0 Å². The summed E-state index contributed by atoms with van der Waals surface area (Å²) in [6.07, 6.45) is 6.91. The highest BCUT2D eigenvalue weighted by molar-refractivity contribution is 5.53. The maximum absolute atomic E-state index is 9.46. The summed E-state index contributed by atoms with van der Waals surface area (Å²) in [6.45, 7) is 2.19. The third-order valence-corrected chi connectivity index (χ3v) is 4.59. The van der Waals surface area contributed by atoms with Gasteiger partial charge in [-0.1, -0.05) is 12.5 Å². The lowest BCUT2D eigenvalue weighted by Crippen LogP contribution is -2.41. The van der Waals surface area contributed by atoms with Gasteiger partial charge in [-0.2, -0.15) is 0 Å². The van der Waals surface area contributed by atoms with E-state index in [1.54, 1.807) is 6.07 Å². The van der Waals surface area contributed by atoms with Crippen LogP contribution in [0.15, 0.2) is 18.2 Å². The smallest absolute Gasteiger partial charge is 0.138 e. The molecule has 1 saturated carbocycles. The summed E-state index contributed by atoms with van der Waals surface area (Å²) in [7, 11) is 0. The highest BCUT2D eigenvalue weighted by Crippen LogP contribution is 2.37. The van der Waals surface area contributed by atoms with Crippen molar-refractivity contribution in [1.82, 2.24) is 4.90 Å². The number of fused-ring (bicyclic) bond motifs is 1. The molecule has 0 radical (unpaired) electrons. The Bertz CT molecular complexity index is 433. The van der Waals surface area contributed by atoms with Gasteiger partial charge in [-0.3, -0.25) is 4.90 Å². The van der Waals surface area contributed by atoms with Crippen molar-refractivity contribution >= 4 is 5.69 Å². The molecule has 2 atom stereocenters. The van der Waals surface area contributed by atoms with Gasteiger partial charge >= 0.3 is 0 Å². The van der Waals surface area contributed by atoms with Gasteiger partial charge in [0.05, 0.1) is 5.69 Å². The number of phenolic OH excluding ortho intramolecular Hbond substituents is 1. The summed E-state index contributed by atoms with van der Waals surface area (Å²) in [5.41, 5.74) is 7.48. The fraction of sp³-hybridized carbons (Fsp3) is 0.600. The average Bonchev–Trinajstić information content (AvgIpc) is 2.83. The van der Waals surface area contributed by atoms with Crippen LogP contribution in [0.3, 0.4) is 0 Å². The molecule has 2 fully saturated rings. The first-order valence-corrected chi connectivity index (χ1v) is 7.05. The molecular formula is C15H22N2O. The molecule has 1 aromatic rings. The third-order valence-electron chi connectivity index (χ3n) is 4.59. The monoisotopic (exact) mass is 246 g/mol. The molecule has 2 aliphatic rings. The minimum Gasteiger partial charge on any atom is -0.506 e. The van der Waals surface area contributed by atoms with E-state index in [2.05, 4.69) is 4.90 Å². The van der Waals surface area contributed by atoms with Crippen LogP contribution in [-0.4, -0.2) is 22.6 Å². The van der Waals surface area contributed by atoms with Crippen LogP contribution < -0.4 is 5.73 Å². The standard InChI is InChI=1S/C15H22N2O/c16-13-9-11(6-7-15(13)18)10-17-8-2-4-12-3-1-5-14(12)17/h6-7,9,12,14,18H,1-5,8,10,16H2. The second-order valence-corrected chi connectivity index (χ2v) is 5.76. The van der Waals surface area contributed by atoms with Crippen molar-refractivity contribution in [2.75, 3.05) is 12.3 Å². The molecule has 0 amide bonds. The van der Waals surface area contributed by atoms with Crippen molar-refractivity contribution in [1.29, 1.82) is 0 Å². The summed E-state index contributed by atoms with van der Waals surface area (Å²) in [5.74, 6) is 1.12. The highest BCUT2D eigenvalue weighted by atomic mass is 16.3. The Kier molecular flexibility index (Phi) is 3.16. The van der Waals surface area contributed by atoms with Crippen molar-refractivity contribution in [2.24, 2.45) is 5.92 Å². The van der Waals surface area contributed by atoms with E-state index in [1.807, 2.05) is 12.1 Å². The summed E-state index contributed by atoms with van der Waals surface area (Å²) in [6, 6.07) is 6.40. The summed E-state index contributed by atoms with van der Waals surface area (Å²) < 4.78 is 0. The molecule has 3 nitrogen and oxygen atoms in total. The topological polar surface area (TPSA) is 49.5 Å². The predicted octanol–water partition coefficient (Wildman–Crippen LogP) is 2.74.